The van der Waals surface area contributed by atoms with E-state index >= 15 is 0 Å². The number of ether oxygens (including phenoxy) is 1. The SMILES string of the molecule is CCOc1ccccc1CNC(=O)c1cccc(S(=O)(=O)N2CCCCC2)c1. The molecule has 7 heteroatoms. The van der Waals surface area contributed by atoms with Crippen molar-refractivity contribution in [1.29, 1.82) is 0 Å². The third-order valence-electron chi connectivity index (χ3n) is 4.76. The standard InChI is InChI=1S/C21H26N2O4S/c1-2-27-20-12-5-4-9-18(20)16-22-21(24)17-10-8-11-19(15-17)28(25,26)23-13-6-3-7-14-23/h4-5,8-12,15H,2-3,6-7,13-14,16H2,1H3,(H,22,24). The van der Waals surface area contributed by atoms with Gasteiger partial charge in [0.2, 0.25) is 10.0 Å². The highest BCUT2D eigenvalue weighted by molar-refractivity contribution is 7.89. The summed E-state index contributed by atoms with van der Waals surface area (Å²) in [6.45, 7) is 3.82. The third-order valence-corrected chi connectivity index (χ3v) is 6.66. The topological polar surface area (TPSA) is 75.7 Å². The fraction of sp³-hybridized carbons (Fsp3) is 0.381. The fourth-order valence-electron chi connectivity index (χ4n) is 3.28. The second-order valence-corrected chi connectivity index (χ2v) is 8.65. The van der Waals surface area contributed by atoms with Crippen molar-refractivity contribution in [2.45, 2.75) is 37.6 Å². The summed E-state index contributed by atoms with van der Waals surface area (Å²) >= 11 is 0. The van der Waals surface area contributed by atoms with Crippen LogP contribution in [0.25, 0.3) is 0 Å². The Morgan fingerprint density at radius 1 is 1.07 bits per heavy atom. The maximum Gasteiger partial charge on any atom is 0.251 e. The van der Waals surface area contributed by atoms with Crippen molar-refractivity contribution in [2.24, 2.45) is 0 Å². The van der Waals surface area contributed by atoms with E-state index in [4.69, 9.17) is 4.74 Å². The van der Waals surface area contributed by atoms with Crippen LogP contribution in [0.15, 0.2) is 53.4 Å². The molecule has 0 radical (unpaired) electrons. The molecule has 1 N–H and O–H groups in total. The Balaban J connectivity index is 1.72. The van der Waals surface area contributed by atoms with Crippen LogP contribution in [-0.2, 0) is 16.6 Å². The number of rotatable bonds is 7. The number of carbonyl (C=O) groups excluding carboxylic acids is 1. The quantitative estimate of drug-likeness (QED) is 0.772. The molecule has 28 heavy (non-hydrogen) atoms. The van der Waals surface area contributed by atoms with Crippen LogP contribution in [0, 0.1) is 0 Å². The molecule has 0 spiro atoms. The number of sulfonamides is 1. The molecule has 0 aliphatic carbocycles. The maximum atomic E-state index is 12.8. The Morgan fingerprint density at radius 2 is 1.82 bits per heavy atom. The smallest absolute Gasteiger partial charge is 0.251 e. The van der Waals surface area contributed by atoms with Gasteiger partial charge in [0.15, 0.2) is 0 Å². The average Bonchev–Trinajstić information content (AvgIpc) is 2.74. The number of hydrogen-bond donors (Lipinski definition) is 1. The van der Waals surface area contributed by atoms with Gasteiger partial charge in [-0.1, -0.05) is 30.7 Å². The van der Waals surface area contributed by atoms with Gasteiger partial charge in [-0.25, -0.2) is 8.42 Å². The van der Waals surface area contributed by atoms with E-state index in [-0.39, 0.29) is 10.8 Å². The Morgan fingerprint density at radius 3 is 2.57 bits per heavy atom. The van der Waals surface area contributed by atoms with E-state index in [1.54, 1.807) is 18.2 Å². The highest BCUT2D eigenvalue weighted by Gasteiger charge is 2.26. The van der Waals surface area contributed by atoms with E-state index in [1.807, 2.05) is 31.2 Å². The van der Waals surface area contributed by atoms with E-state index in [0.717, 1.165) is 30.6 Å². The number of piperidine rings is 1. The van der Waals surface area contributed by atoms with Gasteiger partial charge < -0.3 is 10.1 Å². The molecule has 2 aromatic rings. The second-order valence-electron chi connectivity index (χ2n) is 6.72. The minimum atomic E-state index is -3.57. The largest absolute Gasteiger partial charge is 0.494 e. The number of amides is 1. The molecule has 6 nitrogen and oxygen atoms in total. The van der Waals surface area contributed by atoms with Crippen molar-refractivity contribution in [3.63, 3.8) is 0 Å². The van der Waals surface area contributed by atoms with Crippen molar-refractivity contribution in [3.8, 4) is 5.75 Å². The normalized spacial score (nSPS) is 15.2. The molecule has 0 bridgehead atoms. The van der Waals surface area contributed by atoms with Crippen LogP contribution in [0.2, 0.25) is 0 Å². The van der Waals surface area contributed by atoms with Crippen molar-refractivity contribution < 1.29 is 17.9 Å². The number of nitrogens with one attached hydrogen (secondary N) is 1. The van der Waals surface area contributed by atoms with Crippen LogP contribution in [-0.4, -0.2) is 38.3 Å². The summed E-state index contributed by atoms with van der Waals surface area (Å²) in [5.41, 5.74) is 1.20. The Bertz CT molecular complexity index is 922. The summed E-state index contributed by atoms with van der Waals surface area (Å²) in [6.07, 6.45) is 2.80. The van der Waals surface area contributed by atoms with Crippen LogP contribution in [0.3, 0.4) is 0 Å². The summed E-state index contributed by atoms with van der Waals surface area (Å²) in [7, 11) is -3.57. The first-order chi connectivity index (χ1) is 13.5. The molecular weight excluding hydrogens is 376 g/mol. The average molecular weight is 403 g/mol. The van der Waals surface area contributed by atoms with Gasteiger partial charge in [-0.2, -0.15) is 4.31 Å². The molecule has 1 amide bonds. The van der Waals surface area contributed by atoms with Gasteiger partial charge in [-0.3, -0.25) is 4.79 Å². The number of benzene rings is 2. The first-order valence-corrected chi connectivity index (χ1v) is 11.1. The highest BCUT2D eigenvalue weighted by atomic mass is 32.2. The summed E-state index contributed by atoms with van der Waals surface area (Å²) in [6, 6.07) is 13.7. The molecule has 1 saturated heterocycles. The van der Waals surface area contributed by atoms with Crippen LogP contribution < -0.4 is 10.1 Å². The van der Waals surface area contributed by atoms with Gasteiger partial charge in [0.05, 0.1) is 11.5 Å². The third kappa shape index (κ3) is 4.72. The molecule has 1 aliphatic heterocycles. The molecular formula is C21H26N2O4S. The van der Waals surface area contributed by atoms with Crippen LogP contribution in [0.4, 0.5) is 0 Å². The van der Waals surface area contributed by atoms with Gasteiger partial charge in [-0.15, -0.1) is 0 Å². The lowest BCUT2D eigenvalue weighted by Gasteiger charge is -2.26. The van der Waals surface area contributed by atoms with Crippen LogP contribution in [0.1, 0.15) is 42.1 Å². The van der Waals surface area contributed by atoms with Crippen LogP contribution >= 0.6 is 0 Å². The Labute approximate surface area is 166 Å². The molecule has 0 atom stereocenters. The zero-order chi connectivity index (χ0) is 20.0. The number of carbonyl (C=O) groups is 1. The fourth-order valence-corrected chi connectivity index (χ4v) is 4.84. The molecule has 150 valence electrons. The molecule has 1 aliphatic rings. The summed E-state index contributed by atoms with van der Waals surface area (Å²) < 4.78 is 32.7. The summed E-state index contributed by atoms with van der Waals surface area (Å²) in [5.74, 6) is 0.411. The minimum absolute atomic E-state index is 0.164. The van der Waals surface area contributed by atoms with Crippen LogP contribution in [0.5, 0.6) is 5.75 Å². The molecule has 1 heterocycles. The second kappa shape index (κ2) is 9.21. The van der Waals surface area contributed by atoms with E-state index < -0.39 is 10.0 Å². The van der Waals surface area contributed by atoms with Crippen molar-refractivity contribution in [1.82, 2.24) is 9.62 Å². The number of hydrogen-bond acceptors (Lipinski definition) is 4. The van der Waals surface area contributed by atoms with E-state index in [2.05, 4.69) is 5.32 Å². The van der Waals surface area contributed by atoms with Gasteiger partial charge in [0.25, 0.3) is 5.91 Å². The first-order valence-electron chi connectivity index (χ1n) is 9.61. The number of para-hydroxylation sites is 1. The molecule has 0 saturated carbocycles. The zero-order valence-electron chi connectivity index (χ0n) is 16.1. The Kier molecular flexibility index (Phi) is 6.70. The predicted molar refractivity (Wildman–Crippen MR) is 108 cm³/mol. The lowest BCUT2D eigenvalue weighted by Crippen LogP contribution is -2.35. The highest BCUT2D eigenvalue weighted by Crippen LogP contribution is 2.22. The van der Waals surface area contributed by atoms with Gasteiger partial charge in [0.1, 0.15) is 5.75 Å². The molecule has 2 aromatic carbocycles. The van der Waals surface area contributed by atoms with Gasteiger partial charge in [-0.05, 0) is 44.0 Å². The Hall–Kier alpha value is -2.38. The number of nitrogens with zero attached hydrogens (tertiary/aromatic N) is 1. The molecule has 0 aromatic heterocycles. The molecule has 1 fully saturated rings. The van der Waals surface area contributed by atoms with Gasteiger partial charge >= 0.3 is 0 Å². The monoisotopic (exact) mass is 402 g/mol. The zero-order valence-corrected chi connectivity index (χ0v) is 16.9. The minimum Gasteiger partial charge on any atom is -0.494 e. The van der Waals surface area contributed by atoms with E-state index in [9.17, 15) is 13.2 Å². The molecule has 0 unspecified atom stereocenters. The predicted octanol–water partition coefficient (Wildman–Crippen LogP) is 3.19. The van der Waals surface area contributed by atoms with Crippen molar-refractivity contribution in [2.75, 3.05) is 19.7 Å². The summed E-state index contributed by atoms with van der Waals surface area (Å²) in [5, 5.41) is 2.84. The van der Waals surface area contributed by atoms with Crippen molar-refractivity contribution in [3.05, 3.63) is 59.7 Å². The van der Waals surface area contributed by atoms with E-state index in [0.29, 0.717) is 31.8 Å². The maximum absolute atomic E-state index is 12.8. The lowest BCUT2D eigenvalue weighted by molar-refractivity contribution is 0.0950. The van der Waals surface area contributed by atoms with Crippen molar-refractivity contribution >= 4 is 15.9 Å². The van der Waals surface area contributed by atoms with E-state index in [1.165, 1.54) is 10.4 Å². The van der Waals surface area contributed by atoms with Gasteiger partial charge in [0, 0.05) is 30.8 Å². The molecule has 3 rings (SSSR count). The first kappa shape index (κ1) is 20.4. The lowest BCUT2D eigenvalue weighted by atomic mass is 10.1. The summed E-state index contributed by atoms with van der Waals surface area (Å²) in [4.78, 5) is 12.7.